The zero-order valence-electron chi connectivity index (χ0n) is 11.7. The van der Waals surface area contributed by atoms with Gasteiger partial charge in [-0.3, -0.25) is 0 Å². The fourth-order valence-corrected chi connectivity index (χ4v) is 2.30. The first-order valence-electron chi connectivity index (χ1n) is 6.58. The van der Waals surface area contributed by atoms with Crippen LogP contribution in [0.1, 0.15) is 5.82 Å². The van der Waals surface area contributed by atoms with Crippen LogP contribution in [0.4, 0.5) is 19.0 Å². The summed E-state index contributed by atoms with van der Waals surface area (Å²) in [5, 5.41) is 7.57. The Morgan fingerprint density at radius 2 is 2.14 bits per heavy atom. The molecule has 11 heteroatoms. The first-order chi connectivity index (χ1) is 10.3. The van der Waals surface area contributed by atoms with Gasteiger partial charge >= 0.3 is 6.18 Å². The van der Waals surface area contributed by atoms with Crippen molar-refractivity contribution in [3.05, 3.63) is 5.82 Å². The van der Waals surface area contributed by atoms with Gasteiger partial charge in [0, 0.05) is 13.1 Å². The van der Waals surface area contributed by atoms with E-state index in [1.54, 1.807) is 0 Å². The van der Waals surface area contributed by atoms with Crippen molar-refractivity contribution in [2.24, 2.45) is 0 Å². The number of ether oxygens (including phenoxy) is 1. The number of nitrogens with two attached hydrogens (primary N) is 1. The molecule has 1 aliphatic rings. The van der Waals surface area contributed by atoms with Crippen LogP contribution >= 0.6 is 0 Å². The van der Waals surface area contributed by atoms with E-state index in [0.717, 1.165) is 6.54 Å². The molecule has 1 saturated heterocycles. The predicted octanol–water partition coefficient (Wildman–Crippen LogP) is 0.153. The molecule has 0 aliphatic carbocycles. The Kier molecular flexibility index (Phi) is 3.60. The van der Waals surface area contributed by atoms with E-state index in [0.29, 0.717) is 13.2 Å². The molecule has 0 amide bonds. The van der Waals surface area contributed by atoms with Gasteiger partial charge < -0.3 is 15.4 Å². The molecule has 8 nitrogen and oxygen atoms in total. The van der Waals surface area contributed by atoms with Crippen LogP contribution in [0.3, 0.4) is 0 Å². The van der Waals surface area contributed by atoms with Gasteiger partial charge in [0.1, 0.15) is 0 Å². The maximum Gasteiger partial charge on any atom is 0.451 e. The van der Waals surface area contributed by atoms with Gasteiger partial charge in [-0.1, -0.05) is 5.21 Å². The minimum atomic E-state index is -4.68. The maximum atomic E-state index is 12.8. The number of anilines is 1. The summed E-state index contributed by atoms with van der Waals surface area (Å²) in [4.78, 5) is 8.80. The molecule has 2 N–H and O–H groups in total. The molecule has 1 atom stereocenters. The fourth-order valence-electron chi connectivity index (χ4n) is 2.30. The summed E-state index contributed by atoms with van der Waals surface area (Å²) in [5.41, 5.74) is 5.52. The molecule has 1 unspecified atom stereocenters. The lowest BCUT2D eigenvalue weighted by molar-refractivity contribution is -0.144. The molecule has 0 saturated carbocycles. The molecule has 0 bridgehead atoms. The van der Waals surface area contributed by atoms with Gasteiger partial charge in [-0.25, -0.2) is 14.6 Å². The Balaban J connectivity index is 1.94. The van der Waals surface area contributed by atoms with E-state index in [1.165, 1.54) is 4.68 Å². The van der Waals surface area contributed by atoms with E-state index >= 15 is 0 Å². The van der Waals surface area contributed by atoms with Crippen molar-refractivity contribution in [2.45, 2.75) is 18.8 Å². The van der Waals surface area contributed by atoms with Crippen LogP contribution in [-0.4, -0.2) is 62.7 Å². The highest BCUT2D eigenvalue weighted by Gasteiger charge is 2.36. The standard InChI is InChI=1S/C11H14F3N7O/c1-20-2-3-22-6(4-20)5-21-9-7(18-19-21)8(15)16-10(17-9)11(12,13)14/h6H,2-5H2,1H3,(H2,15,16,17). The lowest BCUT2D eigenvalue weighted by atomic mass is 10.3. The minimum absolute atomic E-state index is 0.0448. The molecule has 1 aliphatic heterocycles. The van der Waals surface area contributed by atoms with Crippen molar-refractivity contribution >= 4 is 17.0 Å². The van der Waals surface area contributed by atoms with Gasteiger partial charge in [-0.2, -0.15) is 13.2 Å². The molecular formula is C11H14F3N7O. The molecular weight excluding hydrogens is 303 g/mol. The average Bonchev–Trinajstić information content (AvgIpc) is 2.82. The van der Waals surface area contributed by atoms with Crippen LogP contribution in [0.15, 0.2) is 0 Å². The Hall–Kier alpha value is -2.01. The van der Waals surface area contributed by atoms with E-state index in [4.69, 9.17) is 10.5 Å². The Labute approximate surface area is 123 Å². The number of alkyl halides is 3. The number of aromatic nitrogens is 5. The van der Waals surface area contributed by atoms with Crippen molar-refractivity contribution < 1.29 is 17.9 Å². The Bertz CT molecular complexity index is 686. The van der Waals surface area contributed by atoms with E-state index < -0.39 is 12.0 Å². The van der Waals surface area contributed by atoms with Crippen LogP contribution in [0.5, 0.6) is 0 Å². The van der Waals surface area contributed by atoms with Crippen molar-refractivity contribution in [1.82, 2.24) is 29.9 Å². The van der Waals surface area contributed by atoms with E-state index in [1.807, 2.05) is 7.05 Å². The molecule has 2 aromatic heterocycles. The molecule has 0 radical (unpaired) electrons. The number of nitrogens with zero attached hydrogens (tertiary/aromatic N) is 6. The quantitative estimate of drug-likeness (QED) is 0.842. The summed E-state index contributed by atoms with van der Waals surface area (Å²) in [6.45, 7) is 2.25. The van der Waals surface area contributed by atoms with Gasteiger partial charge in [0.15, 0.2) is 17.0 Å². The van der Waals surface area contributed by atoms with E-state index in [2.05, 4.69) is 25.2 Å². The van der Waals surface area contributed by atoms with E-state index in [-0.39, 0.29) is 29.6 Å². The van der Waals surface area contributed by atoms with Crippen LogP contribution in [-0.2, 0) is 17.5 Å². The van der Waals surface area contributed by atoms with Gasteiger partial charge in [0.2, 0.25) is 5.82 Å². The van der Waals surface area contributed by atoms with Gasteiger partial charge in [-0.05, 0) is 7.05 Å². The highest BCUT2D eigenvalue weighted by atomic mass is 19.4. The molecule has 22 heavy (non-hydrogen) atoms. The summed E-state index contributed by atoms with van der Waals surface area (Å²) in [6.07, 6.45) is -4.88. The number of rotatable bonds is 2. The highest BCUT2D eigenvalue weighted by molar-refractivity contribution is 5.80. The summed E-state index contributed by atoms with van der Waals surface area (Å²) in [6, 6.07) is 0. The van der Waals surface area contributed by atoms with Crippen LogP contribution in [0, 0.1) is 0 Å². The fraction of sp³-hybridized carbons (Fsp3) is 0.636. The number of likely N-dealkylation sites (N-methyl/N-ethyl adjacent to an activating group) is 1. The maximum absolute atomic E-state index is 12.8. The SMILES string of the molecule is CN1CCOC(Cn2nnc3c(N)nc(C(F)(F)F)nc32)C1. The van der Waals surface area contributed by atoms with Crippen LogP contribution in [0.2, 0.25) is 0 Å². The monoisotopic (exact) mass is 317 g/mol. The number of fused-ring (bicyclic) bond motifs is 1. The first-order valence-corrected chi connectivity index (χ1v) is 6.58. The highest BCUT2D eigenvalue weighted by Crippen LogP contribution is 2.28. The average molecular weight is 317 g/mol. The Morgan fingerprint density at radius 1 is 1.36 bits per heavy atom. The normalized spacial score (nSPS) is 20.6. The topological polar surface area (TPSA) is 95.0 Å². The molecule has 0 spiro atoms. The van der Waals surface area contributed by atoms with Gasteiger partial charge in [0.05, 0.1) is 19.3 Å². The second-order valence-electron chi connectivity index (χ2n) is 5.13. The summed E-state index contributed by atoms with van der Waals surface area (Å²) in [7, 11) is 1.94. The molecule has 0 aromatic carbocycles. The van der Waals surface area contributed by atoms with Gasteiger partial charge in [-0.15, -0.1) is 5.10 Å². The first kappa shape index (κ1) is 14.9. The van der Waals surface area contributed by atoms with Crippen molar-refractivity contribution in [3.8, 4) is 0 Å². The third-order valence-corrected chi connectivity index (χ3v) is 3.36. The molecule has 120 valence electrons. The minimum Gasteiger partial charge on any atom is -0.382 e. The van der Waals surface area contributed by atoms with Crippen molar-refractivity contribution in [3.63, 3.8) is 0 Å². The zero-order chi connectivity index (χ0) is 15.9. The third kappa shape index (κ3) is 2.81. The summed E-state index contributed by atoms with van der Waals surface area (Å²) >= 11 is 0. The number of hydrogen-bond acceptors (Lipinski definition) is 7. The Morgan fingerprint density at radius 3 is 2.82 bits per heavy atom. The van der Waals surface area contributed by atoms with Crippen LogP contribution in [0.25, 0.3) is 11.2 Å². The molecule has 1 fully saturated rings. The predicted molar refractivity (Wildman–Crippen MR) is 69.8 cm³/mol. The largest absolute Gasteiger partial charge is 0.451 e. The van der Waals surface area contributed by atoms with Crippen molar-refractivity contribution in [2.75, 3.05) is 32.5 Å². The number of morpholine rings is 1. The number of nitrogen functional groups attached to an aromatic ring is 1. The van der Waals surface area contributed by atoms with Crippen LogP contribution < -0.4 is 5.73 Å². The molecule has 3 rings (SSSR count). The number of halogens is 3. The molecule has 2 aromatic rings. The lowest BCUT2D eigenvalue weighted by Gasteiger charge is -2.29. The molecule has 3 heterocycles. The smallest absolute Gasteiger partial charge is 0.382 e. The summed E-state index contributed by atoms with van der Waals surface area (Å²) < 4.78 is 45.2. The lowest BCUT2D eigenvalue weighted by Crippen LogP contribution is -2.42. The van der Waals surface area contributed by atoms with E-state index in [9.17, 15) is 13.2 Å². The second-order valence-corrected chi connectivity index (χ2v) is 5.13. The van der Waals surface area contributed by atoms with Crippen molar-refractivity contribution in [1.29, 1.82) is 0 Å². The van der Waals surface area contributed by atoms with Gasteiger partial charge in [0.25, 0.3) is 0 Å². The second kappa shape index (κ2) is 5.32. The third-order valence-electron chi connectivity index (χ3n) is 3.36. The zero-order valence-corrected chi connectivity index (χ0v) is 11.7. The summed E-state index contributed by atoms with van der Waals surface area (Å²) in [5.74, 6) is -1.65. The number of hydrogen-bond donors (Lipinski definition) is 1.